The molecule has 0 saturated heterocycles. The first-order valence-electron chi connectivity index (χ1n) is 6.04. The van der Waals surface area contributed by atoms with Crippen LogP contribution >= 0.6 is 0 Å². The van der Waals surface area contributed by atoms with E-state index in [1.165, 1.54) is 7.05 Å². The molecule has 1 rings (SSSR count). The second kappa shape index (κ2) is 6.31. The third-order valence-corrected chi connectivity index (χ3v) is 4.56. The molecular formula is C13H21NO3S. The Balaban J connectivity index is 2.91. The van der Waals surface area contributed by atoms with Crippen LogP contribution < -0.4 is 0 Å². The lowest BCUT2D eigenvalue weighted by molar-refractivity contribution is 0.266. The molecule has 4 nitrogen and oxygen atoms in total. The number of aliphatic hydroxyl groups excluding tert-OH is 1. The summed E-state index contributed by atoms with van der Waals surface area (Å²) in [4.78, 5) is 0.269. The molecule has 0 spiro atoms. The molecule has 0 unspecified atom stereocenters. The van der Waals surface area contributed by atoms with E-state index in [1.54, 1.807) is 12.1 Å². The zero-order chi connectivity index (χ0) is 13.8. The molecule has 0 bridgehead atoms. The average Bonchev–Trinajstić information content (AvgIpc) is 2.29. The Bertz CT molecular complexity index is 466. The summed E-state index contributed by atoms with van der Waals surface area (Å²) in [5, 5.41) is 8.78. The fourth-order valence-corrected chi connectivity index (χ4v) is 2.87. The number of hydrogen-bond acceptors (Lipinski definition) is 3. The highest BCUT2D eigenvalue weighted by Gasteiger charge is 2.19. The van der Waals surface area contributed by atoms with Gasteiger partial charge in [0, 0.05) is 13.6 Å². The van der Waals surface area contributed by atoms with Crippen molar-refractivity contribution in [3.05, 3.63) is 29.8 Å². The number of hydrogen-bond donors (Lipinski definition) is 1. The van der Waals surface area contributed by atoms with E-state index >= 15 is 0 Å². The van der Waals surface area contributed by atoms with Crippen LogP contribution in [-0.4, -0.2) is 38.0 Å². The van der Waals surface area contributed by atoms with Crippen molar-refractivity contribution in [2.24, 2.45) is 5.92 Å². The molecule has 102 valence electrons. The van der Waals surface area contributed by atoms with Gasteiger partial charge < -0.3 is 5.11 Å². The Labute approximate surface area is 109 Å². The van der Waals surface area contributed by atoms with Gasteiger partial charge in [-0.15, -0.1) is 0 Å². The van der Waals surface area contributed by atoms with Gasteiger partial charge in [0.15, 0.2) is 0 Å². The van der Waals surface area contributed by atoms with Crippen LogP contribution in [-0.2, 0) is 16.4 Å². The zero-order valence-electron chi connectivity index (χ0n) is 11.1. The summed E-state index contributed by atoms with van der Waals surface area (Å²) in [6, 6.07) is 6.95. The van der Waals surface area contributed by atoms with E-state index in [0.29, 0.717) is 5.92 Å². The number of benzene rings is 1. The molecule has 0 radical (unpaired) electrons. The van der Waals surface area contributed by atoms with Crippen molar-refractivity contribution in [1.82, 2.24) is 4.31 Å². The molecule has 18 heavy (non-hydrogen) atoms. The lowest BCUT2D eigenvalue weighted by Crippen LogP contribution is -2.29. The molecule has 0 aliphatic rings. The quantitative estimate of drug-likeness (QED) is 0.853. The first-order valence-corrected chi connectivity index (χ1v) is 7.48. The van der Waals surface area contributed by atoms with Crippen LogP contribution in [0, 0.1) is 5.92 Å². The van der Waals surface area contributed by atoms with Crippen LogP contribution in [0.3, 0.4) is 0 Å². The molecule has 0 aliphatic carbocycles. The van der Waals surface area contributed by atoms with Gasteiger partial charge in [0.25, 0.3) is 0 Å². The maximum atomic E-state index is 12.1. The normalized spacial score (nSPS) is 12.3. The van der Waals surface area contributed by atoms with E-state index in [2.05, 4.69) is 13.8 Å². The molecule has 0 atom stereocenters. The molecule has 1 N–H and O–H groups in total. The SMILES string of the molecule is CC(C)Cc1ccc(S(=O)(=O)N(C)CCO)cc1. The molecule has 0 saturated carbocycles. The van der Waals surface area contributed by atoms with Gasteiger partial charge in [-0.3, -0.25) is 0 Å². The minimum Gasteiger partial charge on any atom is -0.395 e. The van der Waals surface area contributed by atoms with E-state index in [9.17, 15) is 8.42 Å². The van der Waals surface area contributed by atoms with Gasteiger partial charge in [0.1, 0.15) is 0 Å². The van der Waals surface area contributed by atoms with Gasteiger partial charge in [0.05, 0.1) is 11.5 Å². The third kappa shape index (κ3) is 3.80. The third-order valence-electron chi connectivity index (χ3n) is 2.69. The van der Waals surface area contributed by atoms with E-state index in [0.717, 1.165) is 16.3 Å². The van der Waals surface area contributed by atoms with Gasteiger partial charge in [-0.05, 0) is 30.0 Å². The van der Waals surface area contributed by atoms with Crippen molar-refractivity contribution in [2.45, 2.75) is 25.2 Å². The Hall–Kier alpha value is -0.910. The molecule has 0 fully saturated rings. The molecule has 0 heterocycles. The Morgan fingerprint density at radius 1 is 1.22 bits per heavy atom. The highest BCUT2D eigenvalue weighted by Crippen LogP contribution is 2.16. The van der Waals surface area contributed by atoms with Crippen molar-refractivity contribution in [3.63, 3.8) is 0 Å². The lowest BCUT2D eigenvalue weighted by atomic mass is 10.0. The summed E-state index contributed by atoms with van der Waals surface area (Å²) < 4.78 is 25.3. The second-order valence-electron chi connectivity index (χ2n) is 4.79. The highest BCUT2D eigenvalue weighted by atomic mass is 32.2. The molecular weight excluding hydrogens is 250 g/mol. The first kappa shape index (κ1) is 15.1. The molecule has 0 aliphatic heterocycles. The smallest absolute Gasteiger partial charge is 0.242 e. The van der Waals surface area contributed by atoms with E-state index in [1.807, 2.05) is 12.1 Å². The maximum absolute atomic E-state index is 12.1. The number of rotatable bonds is 6. The summed E-state index contributed by atoms with van der Waals surface area (Å²) in [6.45, 7) is 4.18. The van der Waals surface area contributed by atoms with Crippen LogP contribution in [0.5, 0.6) is 0 Å². The largest absolute Gasteiger partial charge is 0.395 e. The van der Waals surface area contributed by atoms with Crippen LogP contribution in [0.2, 0.25) is 0 Å². The highest BCUT2D eigenvalue weighted by molar-refractivity contribution is 7.89. The summed E-state index contributed by atoms with van der Waals surface area (Å²) in [6.07, 6.45) is 0.937. The average molecular weight is 271 g/mol. The van der Waals surface area contributed by atoms with Crippen LogP contribution in [0.1, 0.15) is 19.4 Å². The second-order valence-corrected chi connectivity index (χ2v) is 6.84. The number of aliphatic hydroxyl groups is 1. The fourth-order valence-electron chi connectivity index (χ4n) is 1.71. The summed E-state index contributed by atoms with van der Waals surface area (Å²) >= 11 is 0. The van der Waals surface area contributed by atoms with Gasteiger partial charge in [-0.1, -0.05) is 26.0 Å². The molecule has 0 aromatic heterocycles. The number of sulfonamides is 1. The fraction of sp³-hybridized carbons (Fsp3) is 0.538. The topological polar surface area (TPSA) is 57.6 Å². The monoisotopic (exact) mass is 271 g/mol. The van der Waals surface area contributed by atoms with Gasteiger partial charge in [0.2, 0.25) is 10.0 Å². The molecule has 5 heteroatoms. The van der Waals surface area contributed by atoms with Crippen molar-refractivity contribution >= 4 is 10.0 Å². The first-order chi connectivity index (χ1) is 8.37. The Kier molecular flexibility index (Phi) is 5.31. The predicted octanol–water partition coefficient (Wildman–Crippen LogP) is 1.50. The summed E-state index contributed by atoms with van der Waals surface area (Å²) in [5.41, 5.74) is 1.13. The van der Waals surface area contributed by atoms with Gasteiger partial charge >= 0.3 is 0 Å². The summed E-state index contributed by atoms with van der Waals surface area (Å²) in [5.74, 6) is 0.546. The molecule has 0 amide bonds. The van der Waals surface area contributed by atoms with Crippen molar-refractivity contribution in [3.8, 4) is 0 Å². The van der Waals surface area contributed by atoms with Crippen molar-refractivity contribution in [1.29, 1.82) is 0 Å². The molecule has 1 aromatic rings. The van der Waals surface area contributed by atoms with Crippen LogP contribution in [0.15, 0.2) is 29.2 Å². The maximum Gasteiger partial charge on any atom is 0.242 e. The Morgan fingerprint density at radius 3 is 2.22 bits per heavy atom. The zero-order valence-corrected chi connectivity index (χ0v) is 11.9. The van der Waals surface area contributed by atoms with Crippen LogP contribution in [0.4, 0.5) is 0 Å². The predicted molar refractivity (Wildman–Crippen MR) is 71.9 cm³/mol. The summed E-state index contributed by atoms with van der Waals surface area (Å²) in [7, 11) is -2.01. The number of nitrogens with zero attached hydrogens (tertiary/aromatic N) is 1. The standard InChI is InChI=1S/C13H21NO3S/c1-11(2)10-12-4-6-13(7-5-12)18(16,17)14(3)8-9-15/h4-7,11,15H,8-10H2,1-3H3. The number of likely N-dealkylation sites (N-methyl/N-ethyl adjacent to an activating group) is 1. The van der Waals surface area contributed by atoms with Gasteiger partial charge in [-0.2, -0.15) is 4.31 Å². The van der Waals surface area contributed by atoms with Crippen LogP contribution in [0.25, 0.3) is 0 Å². The minimum absolute atomic E-state index is 0.107. The van der Waals surface area contributed by atoms with E-state index in [-0.39, 0.29) is 18.0 Å². The van der Waals surface area contributed by atoms with Crippen molar-refractivity contribution in [2.75, 3.05) is 20.2 Å². The van der Waals surface area contributed by atoms with E-state index in [4.69, 9.17) is 5.11 Å². The minimum atomic E-state index is -3.47. The van der Waals surface area contributed by atoms with E-state index < -0.39 is 10.0 Å². The van der Waals surface area contributed by atoms with Gasteiger partial charge in [-0.25, -0.2) is 8.42 Å². The lowest BCUT2D eigenvalue weighted by Gasteiger charge is -2.16. The molecule has 1 aromatic carbocycles. The van der Waals surface area contributed by atoms with Crippen molar-refractivity contribution < 1.29 is 13.5 Å². The Morgan fingerprint density at radius 2 is 1.78 bits per heavy atom.